The Hall–Kier alpha value is -0.670. The molecule has 1 aromatic rings. The van der Waals surface area contributed by atoms with Gasteiger partial charge in [0.05, 0.1) is 0 Å². The van der Waals surface area contributed by atoms with Crippen LogP contribution in [0, 0.1) is 0 Å². The van der Waals surface area contributed by atoms with Crippen molar-refractivity contribution in [2.75, 3.05) is 24.2 Å². The number of aryl methyl sites for hydroxylation is 1. The third-order valence-electron chi connectivity index (χ3n) is 3.37. The standard InChI is InChI=1S/C14H20N2S/c1-2-11-10-13(5-6-14(11)17-9-1)16-8-7-15-12-3-4-12/h5-6,10,12,15-16H,1-4,7-9H2. The first kappa shape index (κ1) is 11.4. The summed E-state index contributed by atoms with van der Waals surface area (Å²) in [5.74, 6) is 1.28. The molecule has 1 heterocycles. The van der Waals surface area contributed by atoms with Crippen LogP contribution in [0.1, 0.15) is 24.8 Å². The van der Waals surface area contributed by atoms with E-state index in [1.165, 1.54) is 47.6 Å². The van der Waals surface area contributed by atoms with Crippen LogP contribution in [0.25, 0.3) is 0 Å². The number of hydrogen-bond donors (Lipinski definition) is 2. The predicted octanol–water partition coefficient (Wildman–Crippen LogP) is 2.89. The first-order valence-corrected chi connectivity index (χ1v) is 7.63. The zero-order valence-electron chi connectivity index (χ0n) is 10.2. The van der Waals surface area contributed by atoms with Gasteiger partial charge in [0.15, 0.2) is 0 Å². The highest BCUT2D eigenvalue weighted by atomic mass is 32.2. The summed E-state index contributed by atoms with van der Waals surface area (Å²) in [4.78, 5) is 1.48. The SMILES string of the molecule is c1cc2c(cc1NCCNC1CC1)CCCS2. The third kappa shape index (κ3) is 3.17. The molecule has 17 heavy (non-hydrogen) atoms. The van der Waals surface area contributed by atoms with Crippen LogP contribution >= 0.6 is 11.8 Å². The predicted molar refractivity (Wildman–Crippen MR) is 75.0 cm³/mol. The largest absolute Gasteiger partial charge is 0.384 e. The molecule has 0 saturated heterocycles. The van der Waals surface area contributed by atoms with E-state index in [9.17, 15) is 0 Å². The zero-order chi connectivity index (χ0) is 11.5. The summed E-state index contributed by atoms with van der Waals surface area (Å²) in [6.45, 7) is 2.11. The van der Waals surface area contributed by atoms with Crippen molar-refractivity contribution >= 4 is 17.4 Å². The van der Waals surface area contributed by atoms with E-state index >= 15 is 0 Å². The lowest BCUT2D eigenvalue weighted by Crippen LogP contribution is -2.23. The fourth-order valence-corrected chi connectivity index (χ4v) is 3.26. The highest BCUT2D eigenvalue weighted by Gasteiger charge is 2.19. The summed E-state index contributed by atoms with van der Waals surface area (Å²) < 4.78 is 0. The van der Waals surface area contributed by atoms with E-state index in [0.29, 0.717) is 0 Å². The second-order valence-corrected chi connectivity index (χ2v) is 6.07. The zero-order valence-corrected chi connectivity index (χ0v) is 11.0. The summed E-state index contributed by atoms with van der Waals surface area (Å²) in [7, 11) is 0. The highest BCUT2D eigenvalue weighted by Crippen LogP contribution is 2.31. The topological polar surface area (TPSA) is 24.1 Å². The first-order valence-electron chi connectivity index (χ1n) is 6.65. The average Bonchev–Trinajstić information content (AvgIpc) is 3.18. The Labute approximate surface area is 108 Å². The summed E-state index contributed by atoms with van der Waals surface area (Å²) in [6.07, 6.45) is 5.31. The second kappa shape index (κ2) is 5.32. The molecule has 1 aromatic carbocycles. The molecule has 1 fully saturated rings. The van der Waals surface area contributed by atoms with Gasteiger partial charge < -0.3 is 10.6 Å². The molecule has 2 nitrogen and oxygen atoms in total. The van der Waals surface area contributed by atoms with Crippen LogP contribution in [0.4, 0.5) is 5.69 Å². The van der Waals surface area contributed by atoms with E-state index in [0.717, 1.165) is 19.1 Å². The molecule has 0 bridgehead atoms. The van der Waals surface area contributed by atoms with Gasteiger partial charge in [-0.15, -0.1) is 11.8 Å². The summed E-state index contributed by atoms with van der Waals surface area (Å²) in [6, 6.07) is 7.64. The Morgan fingerprint density at radius 1 is 1.24 bits per heavy atom. The maximum atomic E-state index is 3.52. The van der Waals surface area contributed by atoms with Crippen LogP contribution in [0.3, 0.4) is 0 Å². The maximum absolute atomic E-state index is 3.52. The Balaban J connectivity index is 1.51. The monoisotopic (exact) mass is 248 g/mol. The number of thioether (sulfide) groups is 1. The van der Waals surface area contributed by atoms with Gasteiger partial charge in [0.1, 0.15) is 0 Å². The van der Waals surface area contributed by atoms with Gasteiger partial charge in [-0.05, 0) is 55.2 Å². The Kier molecular flexibility index (Phi) is 3.57. The fourth-order valence-electron chi connectivity index (χ4n) is 2.24. The van der Waals surface area contributed by atoms with Crippen LogP contribution in [-0.4, -0.2) is 24.9 Å². The number of benzene rings is 1. The van der Waals surface area contributed by atoms with Gasteiger partial charge in [-0.2, -0.15) is 0 Å². The number of anilines is 1. The lowest BCUT2D eigenvalue weighted by molar-refractivity contribution is 0.701. The molecule has 2 aliphatic rings. The van der Waals surface area contributed by atoms with Crippen LogP contribution in [-0.2, 0) is 6.42 Å². The van der Waals surface area contributed by atoms with Crippen LogP contribution in [0.5, 0.6) is 0 Å². The van der Waals surface area contributed by atoms with Crippen LogP contribution in [0.2, 0.25) is 0 Å². The van der Waals surface area contributed by atoms with E-state index in [2.05, 4.69) is 28.8 Å². The first-order chi connectivity index (χ1) is 8.42. The summed E-state index contributed by atoms with van der Waals surface area (Å²) in [5, 5.41) is 7.03. The van der Waals surface area contributed by atoms with Gasteiger partial charge in [0.25, 0.3) is 0 Å². The summed E-state index contributed by atoms with van der Waals surface area (Å²) in [5.41, 5.74) is 2.81. The number of hydrogen-bond acceptors (Lipinski definition) is 3. The second-order valence-electron chi connectivity index (χ2n) is 4.93. The molecule has 0 spiro atoms. The van der Waals surface area contributed by atoms with E-state index in [4.69, 9.17) is 0 Å². The van der Waals surface area contributed by atoms with Crippen molar-refractivity contribution in [1.82, 2.24) is 5.32 Å². The van der Waals surface area contributed by atoms with Gasteiger partial charge in [-0.3, -0.25) is 0 Å². The number of rotatable bonds is 5. The van der Waals surface area contributed by atoms with Gasteiger partial charge in [-0.1, -0.05) is 0 Å². The molecule has 2 N–H and O–H groups in total. The molecule has 1 aliphatic carbocycles. The van der Waals surface area contributed by atoms with Crippen molar-refractivity contribution in [3.05, 3.63) is 23.8 Å². The van der Waals surface area contributed by atoms with E-state index in [-0.39, 0.29) is 0 Å². The van der Waals surface area contributed by atoms with E-state index in [1.807, 2.05) is 11.8 Å². The van der Waals surface area contributed by atoms with Crippen molar-refractivity contribution in [2.24, 2.45) is 0 Å². The van der Waals surface area contributed by atoms with Gasteiger partial charge in [-0.25, -0.2) is 0 Å². The molecular formula is C14H20N2S. The molecule has 92 valence electrons. The van der Waals surface area contributed by atoms with Crippen molar-refractivity contribution in [2.45, 2.75) is 36.6 Å². The van der Waals surface area contributed by atoms with Crippen molar-refractivity contribution in [1.29, 1.82) is 0 Å². The molecule has 1 aliphatic heterocycles. The van der Waals surface area contributed by atoms with E-state index < -0.39 is 0 Å². The normalized spacial score (nSPS) is 18.8. The molecule has 0 unspecified atom stereocenters. The molecule has 0 atom stereocenters. The molecule has 3 heteroatoms. The Morgan fingerprint density at radius 2 is 2.18 bits per heavy atom. The van der Waals surface area contributed by atoms with Crippen LogP contribution < -0.4 is 10.6 Å². The summed E-state index contributed by atoms with van der Waals surface area (Å²) >= 11 is 2.00. The van der Waals surface area contributed by atoms with E-state index in [1.54, 1.807) is 0 Å². The molecule has 0 radical (unpaired) electrons. The molecule has 0 amide bonds. The average molecular weight is 248 g/mol. The lowest BCUT2D eigenvalue weighted by atomic mass is 10.1. The van der Waals surface area contributed by atoms with Gasteiger partial charge in [0.2, 0.25) is 0 Å². The molecule has 0 aromatic heterocycles. The molecule has 3 rings (SSSR count). The smallest absolute Gasteiger partial charge is 0.0344 e. The minimum absolute atomic E-state index is 0.816. The van der Waals surface area contributed by atoms with Crippen molar-refractivity contribution in [3.8, 4) is 0 Å². The lowest BCUT2D eigenvalue weighted by Gasteiger charge is -2.16. The third-order valence-corrected chi connectivity index (χ3v) is 4.58. The van der Waals surface area contributed by atoms with Crippen molar-refractivity contribution in [3.63, 3.8) is 0 Å². The molecular weight excluding hydrogens is 228 g/mol. The number of fused-ring (bicyclic) bond motifs is 1. The van der Waals surface area contributed by atoms with Crippen LogP contribution in [0.15, 0.2) is 23.1 Å². The maximum Gasteiger partial charge on any atom is 0.0344 e. The van der Waals surface area contributed by atoms with Crippen molar-refractivity contribution < 1.29 is 0 Å². The number of nitrogens with one attached hydrogen (secondary N) is 2. The van der Waals surface area contributed by atoms with Gasteiger partial charge >= 0.3 is 0 Å². The minimum atomic E-state index is 0.816. The minimum Gasteiger partial charge on any atom is -0.384 e. The fraction of sp³-hybridized carbons (Fsp3) is 0.571. The quantitative estimate of drug-likeness (QED) is 0.784. The Bertz CT molecular complexity index is 388. The van der Waals surface area contributed by atoms with Gasteiger partial charge in [0, 0.05) is 29.7 Å². The highest BCUT2D eigenvalue weighted by molar-refractivity contribution is 7.99. The molecule has 1 saturated carbocycles. The Morgan fingerprint density at radius 3 is 3.06 bits per heavy atom.